The Bertz CT molecular complexity index is 1530. The number of esters is 4. The van der Waals surface area contributed by atoms with Crippen molar-refractivity contribution in [3.63, 3.8) is 0 Å². The van der Waals surface area contributed by atoms with Crippen molar-refractivity contribution in [1.29, 1.82) is 0 Å². The quantitative estimate of drug-likeness (QED) is 0.0513. The first-order valence-corrected chi connectivity index (χ1v) is 21.0. The number of ether oxygens (including phenoxy) is 6. The van der Waals surface area contributed by atoms with Crippen molar-refractivity contribution in [1.82, 2.24) is 9.55 Å². The zero-order chi connectivity index (χ0) is 43.5. The van der Waals surface area contributed by atoms with Crippen molar-refractivity contribution in [3.05, 3.63) is 54.1 Å². The van der Waals surface area contributed by atoms with E-state index < -0.39 is 77.7 Å². The number of aromatic nitrogens is 2. The minimum Gasteiger partial charge on any atom is -0.465 e. The molecule has 7 atom stereocenters. The smallest absolute Gasteiger partial charge is 0.352 e. The first kappa shape index (κ1) is 84.1. The molecule has 0 aliphatic carbocycles. The van der Waals surface area contributed by atoms with Crippen LogP contribution in [-0.4, -0.2) is 89.9 Å². The Hall–Kier alpha value is -3.81. The molecule has 0 spiro atoms. The van der Waals surface area contributed by atoms with Gasteiger partial charge in [0.05, 0.1) is 43.8 Å². The Morgan fingerprint density at radius 2 is 1.25 bits per heavy atom. The van der Waals surface area contributed by atoms with Crippen LogP contribution in [0.4, 0.5) is 0 Å². The zero-order valence-corrected chi connectivity index (χ0v) is 37.0. The molecule has 408 valence electrons. The number of carbonyl (C=O) groups excluding carboxylic acids is 4. The largest absolute Gasteiger partial charge is 0.465 e. The van der Waals surface area contributed by atoms with Crippen LogP contribution in [0.25, 0.3) is 0 Å². The Labute approximate surface area is 420 Å². The van der Waals surface area contributed by atoms with E-state index in [1.54, 1.807) is 0 Å². The number of unbranched alkanes of at least 4 members (excludes halogenated alkanes) is 2. The van der Waals surface area contributed by atoms with Crippen LogP contribution in [0, 0.1) is 30.1 Å². The summed E-state index contributed by atoms with van der Waals surface area (Å²) in [5.74, 6) is -5.50. The fourth-order valence-electron chi connectivity index (χ4n) is 7.43. The number of rotatable bonds is 27. The molecule has 0 aliphatic heterocycles. The molecule has 1 N–H and O–H groups in total. The van der Waals surface area contributed by atoms with E-state index in [-0.39, 0.29) is 100 Å². The molecule has 0 aliphatic rings. The Balaban J connectivity index is -0.000000497. The monoisotopic (exact) mass is 977 g/mol. The fraction of sp³-hybridized carbons (Fsp3) is 0.764. The number of benzene rings is 1. The lowest BCUT2D eigenvalue weighted by molar-refractivity contribution is -0.213. The number of carbonyl (C=O) groups is 4. The van der Waals surface area contributed by atoms with E-state index >= 15 is 9.59 Å². The van der Waals surface area contributed by atoms with Crippen LogP contribution in [0.5, 0.6) is 0 Å². The van der Waals surface area contributed by atoms with Crippen LogP contribution >= 0.6 is 0 Å². The molecule has 7 unspecified atom stereocenters. The van der Waals surface area contributed by atoms with Gasteiger partial charge in [0.25, 0.3) is 0 Å². The van der Waals surface area contributed by atoms with E-state index in [4.69, 9.17) is 28.4 Å². The molecule has 1 aromatic heterocycles. The van der Waals surface area contributed by atoms with E-state index in [0.29, 0.717) is 18.4 Å². The molecular weight excluding hydrogens is 865 g/mol. The number of aliphatic hydroxyl groups is 1. The Morgan fingerprint density at radius 3 is 1.71 bits per heavy atom. The number of hydrogen-bond donors (Lipinski definition) is 1. The van der Waals surface area contributed by atoms with Gasteiger partial charge in [-0.1, -0.05) is 164 Å². The summed E-state index contributed by atoms with van der Waals surface area (Å²) in [6.07, 6.45) is 9.20. The van der Waals surface area contributed by atoms with Gasteiger partial charge in [-0.25, -0.2) is 9.78 Å². The normalized spacial score (nSPS) is 14.1. The fourth-order valence-corrected chi connectivity index (χ4v) is 7.43. The maximum Gasteiger partial charge on any atom is 0.352 e. The third-order valence-electron chi connectivity index (χ3n) is 10.7. The number of aliphatic hydroxyl groups excluding tert-OH is 1. The molecule has 0 saturated heterocycles. The lowest BCUT2D eigenvalue weighted by Gasteiger charge is -2.49. The Kier molecular flexibility index (Phi) is 50.8. The molecular formula is C55H112N2O11. The van der Waals surface area contributed by atoms with Crippen LogP contribution in [0.3, 0.4) is 0 Å². The summed E-state index contributed by atoms with van der Waals surface area (Å²) in [4.78, 5) is 63.8. The van der Waals surface area contributed by atoms with Gasteiger partial charge in [0.1, 0.15) is 30.6 Å². The van der Waals surface area contributed by atoms with E-state index in [1.807, 2.05) is 72.7 Å². The highest BCUT2D eigenvalue weighted by atomic mass is 16.6. The summed E-state index contributed by atoms with van der Waals surface area (Å²) in [7, 11) is 1.46. The van der Waals surface area contributed by atoms with Crippen molar-refractivity contribution >= 4 is 23.9 Å². The van der Waals surface area contributed by atoms with Crippen LogP contribution < -0.4 is 0 Å². The molecule has 1 heterocycles. The summed E-state index contributed by atoms with van der Waals surface area (Å²) in [5.41, 5.74) is -3.85. The number of aryl methyl sites for hydroxylation is 1. The second kappa shape index (κ2) is 41.0. The van der Waals surface area contributed by atoms with Gasteiger partial charge < -0.3 is 38.1 Å². The third-order valence-corrected chi connectivity index (χ3v) is 10.7. The summed E-state index contributed by atoms with van der Waals surface area (Å²) in [6, 6.07) is 5.84. The minimum atomic E-state index is -2.30. The van der Waals surface area contributed by atoms with Gasteiger partial charge in [-0.3, -0.25) is 14.4 Å². The van der Waals surface area contributed by atoms with Crippen molar-refractivity contribution in [3.8, 4) is 0 Å². The van der Waals surface area contributed by atoms with Crippen LogP contribution in [0.1, 0.15) is 211 Å². The maximum atomic E-state index is 15.3. The molecule has 2 aromatic rings. The maximum absolute atomic E-state index is 15.3. The van der Waals surface area contributed by atoms with Crippen molar-refractivity contribution < 1.29 is 52.7 Å². The van der Waals surface area contributed by atoms with Gasteiger partial charge in [-0.05, 0) is 72.3 Å². The van der Waals surface area contributed by atoms with Crippen molar-refractivity contribution in [2.45, 2.75) is 218 Å². The first-order chi connectivity index (χ1) is 27.5. The second-order valence-corrected chi connectivity index (χ2v) is 16.5. The van der Waals surface area contributed by atoms with Crippen LogP contribution in [0.2, 0.25) is 0 Å². The lowest BCUT2D eigenvalue weighted by atomic mass is 9.63. The van der Waals surface area contributed by atoms with Gasteiger partial charge >= 0.3 is 23.9 Å². The molecule has 2 rings (SSSR count). The highest BCUT2D eigenvalue weighted by molar-refractivity contribution is 5.90. The minimum absolute atomic E-state index is 0. The number of nitrogens with zero attached hydrogens (tertiary/aromatic N) is 2. The molecule has 0 radical (unpaired) electrons. The predicted molar refractivity (Wildman–Crippen MR) is 288 cm³/mol. The topological polar surface area (TPSA) is 162 Å². The highest BCUT2D eigenvalue weighted by Crippen LogP contribution is 2.54. The molecule has 0 amide bonds. The van der Waals surface area contributed by atoms with E-state index in [0.717, 1.165) is 44.1 Å². The average molecular weight is 978 g/mol. The second-order valence-electron chi connectivity index (χ2n) is 16.5. The third kappa shape index (κ3) is 23.7. The Morgan fingerprint density at radius 1 is 0.706 bits per heavy atom. The van der Waals surface area contributed by atoms with Crippen molar-refractivity contribution in [2.75, 3.05) is 40.1 Å². The predicted octanol–water partition coefficient (Wildman–Crippen LogP) is 14.3. The number of hydrogen-bond acceptors (Lipinski definition) is 12. The summed E-state index contributed by atoms with van der Waals surface area (Å²) >= 11 is 0. The molecule has 13 nitrogen and oxygen atoms in total. The summed E-state index contributed by atoms with van der Waals surface area (Å²) in [6.45, 7) is 17.3. The molecule has 0 saturated carbocycles. The molecule has 1 aromatic carbocycles. The van der Waals surface area contributed by atoms with Crippen LogP contribution in [-0.2, 0) is 47.6 Å². The molecule has 0 bridgehead atoms. The lowest BCUT2D eigenvalue weighted by Crippen LogP contribution is -2.61. The molecule has 0 fully saturated rings. The van der Waals surface area contributed by atoms with E-state index in [2.05, 4.69) is 11.9 Å². The zero-order valence-electron chi connectivity index (χ0n) is 37.0. The van der Waals surface area contributed by atoms with Gasteiger partial charge in [-0.15, -0.1) is 0 Å². The summed E-state index contributed by atoms with van der Waals surface area (Å²) in [5, 5.41) is 9.94. The van der Waals surface area contributed by atoms with Crippen molar-refractivity contribution in [2.24, 2.45) is 23.2 Å². The first-order valence-electron chi connectivity index (χ1n) is 21.0. The van der Waals surface area contributed by atoms with Gasteiger partial charge in [0.2, 0.25) is 5.60 Å². The van der Waals surface area contributed by atoms with Crippen LogP contribution in [0.15, 0.2) is 43.0 Å². The molecule has 68 heavy (non-hydrogen) atoms. The number of methoxy groups -OCH3 is 1. The number of imidazole rings is 1. The van der Waals surface area contributed by atoms with E-state index in [1.165, 1.54) is 44.2 Å². The average Bonchev–Trinajstić information content (AvgIpc) is 3.71. The molecule has 13 heteroatoms. The van der Waals surface area contributed by atoms with Gasteiger partial charge in [0.15, 0.2) is 0 Å². The standard InChI is InChI=1S/C45H72N2O11.10CH4/c1-12-16-18-33(14-3)30-56-39(50)36(37(57-43(6,7)8)35-22-20-32(5)21-23-35)44(9,41(51)54-27-26-48)40(47-25-24-46-31-47)45(10,42(52)55-29-28-53-11)58-38(49)34(15-4)19-17-13-2;;;;;;;;;;/h20-25,31,33-34,36-37,40,48H,12-19,26-30H2,1-11H3;10*1H4. The SMILES string of the molecule is C.C.C.C.C.C.C.C.C.C.CCCCC(CC)COC(=O)C(C(OC(C)(C)C)c1ccc(C)cc1)C(C)(C(=O)OCCO)C(n1ccnc1)C(C)(OC(=O)C(CC)CCCC)C(=O)OCCOC. The highest BCUT2D eigenvalue weighted by Gasteiger charge is 2.66. The summed E-state index contributed by atoms with van der Waals surface area (Å²) < 4.78 is 37.7. The van der Waals surface area contributed by atoms with Gasteiger partial charge in [-0.2, -0.15) is 0 Å². The van der Waals surface area contributed by atoms with Gasteiger partial charge in [0, 0.05) is 19.5 Å². The van der Waals surface area contributed by atoms with E-state index in [9.17, 15) is 14.7 Å².